The SMILES string of the molecule is CC1C(O)OC(C(=O)O)C(C)C1C. The van der Waals surface area contributed by atoms with Crippen molar-refractivity contribution in [3.05, 3.63) is 0 Å². The van der Waals surface area contributed by atoms with Crippen LogP contribution in [0.4, 0.5) is 0 Å². The number of hydrogen-bond acceptors (Lipinski definition) is 3. The van der Waals surface area contributed by atoms with Crippen LogP contribution in [-0.4, -0.2) is 28.6 Å². The van der Waals surface area contributed by atoms with Crippen LogP contribution in [0.25, 0.3) is 0 Å². The molecule has 0 aromatic heterocycles. The van der Waals surface area contributed by atoms with E-state index < -0.39 is 18.4 Å². The minimum absolute atomic E-state index is 0.00870. The van der Waals surface area contributed by atoms with Crippen LogP contribution in [0.5, 0.6) is 0 Å². The first-order valence-corrected chi connectivity index (χ1v) is 4.51. The number of ether oxygens (including phenoxy) is 1. The van der Waals surface area contributed by atoms with Crippen molar-refractivity contribution in [2.75, 3.05) is 0 Å². The number of carboxylic acid groups (broad SMARTS) is 1. The van der Waals surface area contributed by atoms with Crippen molar-refractivity contribution in [1.82, 2.24) is 0 Å². The van der Waals surface area contributed by atoms with E-state index in [0.717, 1.165) is 0 Å². The summed E-state index contributed by atoms with van der Waals surface area (Å²) in [7, 11) is 0. The third-order valence-corrected chi connectivity index (χ3v) is 3.12. The third kappa shape index (κ3) is 1.84. The van der Waals surface area contributed by atoms with E-state index in [0.29, 0.717) is 0 Å². The number of aliphatic carboxylic acids is 1. The zero-order valence-corrected chi connectivity index (χ0v) is 8.10. The maximum atomic E-state index is 10.7. The molecular formula is C9H16O4. The van der Waals surface area contributed by atoms with Crippen LogP contribution in [0.1, 0.15) is 20.8 Å². The fourth-order valence-corrected chi connectivity index (χ4v) is 1.70. The monoisotopic (exact) mass is 188 g/mol. The van der Waals surface area contributed by atoms with Gasteiger partial charge in [0.15, 0.2) is 12.4 Å². The lowest BCUT2D eigenvalue weighted by Gasteiger charge is -2.39. The summed E-state index contributed by atoms with van der Waals surface area (Å²) in [6.45, 7) is 5.65. The van der Waals surface area contributed by atoms with Gasteiger partial charge in [-0.05, 0) is 11.8 Å². The molecule has 0 amide bonds. The summed E-state index contributed by atoms with van der Waals surface area (Å²) < 4.78 is 5.00. The van der Waals surface area contributed by atoms with Crippen LogP contribution in [-0.2, 0) is 9.53 Å². The Morgan fingerprint density at radius 2 is 1.69 bits per heavy atom. The van der Waals surface area contributed by atoms with Crippen molar-refractivity contribution in [2.45, 2.75) is 33.2 Å². The quantitative estimate of drug-likeness (QED) is 0.635. The molecule has 1 heterocycles. The van der Waals surface area contributed by atoms with Crippen molar-refractivity contribution in [2.24, 2.45) is 17.8 Å². The standard InChI is InChI=1S/C9H16O4/c1-4-5(2)7(8(10)11)13-9(12)6(4)3/h4-7,9,12H,1-3H3,(H,10,11). The minimum Gasteiger partial charge on any atom is -0.479 e. The number of hydrogen-bond donors (Lipinski definition) is 2. The maximum Gasteiger partial charge on any atom is 0.333 e. The normalized spacial score (nSPS) is 46.0. The zero-order valence-electron chi connectivity index (χ0n) is 8.10. The molecule has 0 aliphatic carbocycles. The smallest absolute Gasteiger partial charge is 0.333 e. The molecule has 4 nitrogen and oxygen atoms in total. The Hall–Kier alpha value is -0.610. The average Bonchev–Trinajstić information content (AvgIpc) is 2.07. The first kappa shape index (κ1) is 10.5. The van der Waals surface area contributed by atoms with Gasteiger partial charge in [0.05, 0.1) is 0 Å². The van der Waals surface area contributed by atoms with E-state index in [-0.39, 0.29) is 17.8 Å². The fraction of sp³-hybridized carbons (Fsp3) is 0.889. The van der Waals surface area contributed by atoms with Crippen molar-refractivity contribution in [3.8, 4) is 0 Å². The molecule has 2 N–H and O–H groups in total. The van der Waals surface area contributed by atoms with E-state index in [4.69, 9.17) is 9.84 Å². The minimum atomic E-state index is -0.995. The molecule has 0 aromatic carbocycles. The first-order valence-electron chi connectivity index (χ1n) is 4.51. The summed E-state index contributed by atoms with van der Waals surface area (Å²) in [4.78, 5) is 10.7. The lowest BCUT2D eigenvalue weighted by atomic mass is 9.79. The molecule has 0 saturated carbocycles. The number of carboxylic acids is 1. The van der Waals surface area contributed by atoms with E-state index in [1.165, 1.54) is 0 Å². The predicted octanol–water partition coefficient (Wildman–Crippen LogP) is 0.696. The Morgan fingerprint density at radius 3 is 2.15 bits per heavy atom. The molecule has 1 fully saturated rings. The molecule has 0 aromatic rings. The van der Waals surface area contributed by atoms with Gasteiger partial charge in [-0.1, -0.05) is 20.8 Å². The number of aliphatic hydroxyl groups excluding tert-OH is 1. The second-order valence-corrected chi connectivity index (χ2v) is 3.86. The van der Waals surface area contributed by atoms with E-state index in [1.807, 2.05) is 20.8 Å². The van der Waals surface area contributed by atoms with Crippen molar-refractivity contribution >= 4 is 5.97 Å². The molecule has 0 bridgehead atoms. The van der Waals surface area contributed by atoms with Gasteiger partial charge in [-0.15, -0.1) is 0 Å². The molecule has 1 aliphatic rings. The lowest BCUT2D eigenvalue weighted by molar-refractivity contribution is -0.230. The van der Waals surface area contributed by atoms with Gasteiger partial charge >= 0.3 is 5.97 Å². The largest absolute Gasteiger partial charge is 0.479 e. The van der Waals surface area contributed by atoms with Crippen molar-refractivity contribution in [3.63, 3.8) is 0 Å². The van der Waals surface area contributed by atoms with Gasteiger partial charge in [-0.3, -0.25) is 0 Å². The van der Waals surface area contributed by atoms with Crippen LogP contribution in [0.15, 0.2) is 0 Å². The van der Waals surface area contributed by atoms with E-state index in [9.17, 15) is 9.90 Å². The molecule has 1 saturated heterocycles. The summed E-state index contributed by atoms with van der Waals surface area (Å²) in [6, 6.07) is 0. The number of rotatable bonds is 1. The summed E-state index contributed by atoms with van der Waals surface area (Å²) >= 11 is 0. The van der Waals surface area contributed by atoms with Gasteiger partial charge in [-0.2, -0.15) is 0 Å². The number of carbonyl (C=O) groups is 1. The molecular weight excluding hydrogens is 172 g/mol. The van der Waals surface area contributed by atoms with Gasteiger partial charge in [0.25, 0.3) is 0 Å². The van der Waals surface area contributed by atoms with Crippen molar-refractivity contribution < 1.29 is 19.7 Å². The summed E-state index contributed by atoms with van der Waals surface area (Å²) in [6.07, 6.45) is -1.83. The van der Waals surface area contributed by atoms with Crippen LogP contribution < -0.4 is 0 Å². The van der Waals surface area contributed by atoms with E-state index >= 15 is 0 Å². The Labute approximate surface area is 77.5 Å². The van der Waals surface area contributed by atoms with E-state index in [2.05, 4.69) is 0 Å². The summed E-state index contributed by atoms with van der Waals surface area (Å²) in [5, 5.41) is 18.2. The summed E-state index contributed by atoms with van der Waals surface area (Å²) in [5.74, 6) is -0.906. The molecule has 1 rings (SSSR count). The molecule has 5 unspecified atom stereocenters. The van der Waals surface area contributed by atoms with Crippen LogP contribution in [0, 0.1) is 17.8 Å². The van der Waals surface area contributed by atoms with Crippen LogP contribution in [0.2, 0.25) is 0 Å². The highest BCUT2D eigenvalue weighted by molar-refractivity contribution is 5.72. The molecule has 4 heteroatoms. The van der Waals surface area contributed by atoms with E-state index in [1.54, 1.807) is 0 Å². The Balaban J connectivity index is 2.76. The Kier molecular flexibility index (Phi) is 2.93. The second kappa shape index (κ2) is 3.64. The topological polar surface area (TPSA) is 66.8 Å². The van der Waals surface area contributed by atoms with Gasteiger partial charge < -0.3 is 14.9 Å². The maximum absolute atomic E-state index is 10.7. The molecule has 0 radical (unpaired) electrons. The second-order valence-electron chi connectivity index (χ2n) is 3.86. The summed E-state index contributed by atoms with van der Waals surface area (Å²) in [5.41, 5.74) is 0. The van der Waals surface area contributed by atoms with Gasteiger partial charge in [0.2, 0.25) is 0 Å². The molecule has 0 spiro atoms. The highest BCUT2D eigenvalue weighted by Crippen LogP contribution is 2.33. The Morgan fingerprint density at radius 1 is 1.15 bits per heavy atom. The van der Waals surface area contributed by atoms with Crippen LogP contribution in [0.3, 0.4) is 0 Å². The van der Waals surface area contributed by atoms with Gasteiger partial charge in [-0.25, -0.2) is 4.79 Å². The molecule has 5 atom stereocenters. The lowest BCUT2D eigenvalue weighted by Crippen LogP contribution is -2.48. The van der Waals surface area contributed by atoms with Crippen LogP contribution >= 0.6 is 0 Å². The van der Waals surface area contributed by atoms with Crippen molar-refractivity contribution in [1.29, 1.82) is 0 Å². The zero-order chi connectivity index (χ0) is 10.2. The molecule has 1 aliphatic heterocycles. The highest BCUT2D eigenvalue weighted by atomic mass is 16.6. The third-order valence-electron chi connectivity index (χ3n) is 3.12. The molecule has 76 valence electrons. The molecule has 13 heavy (non-hydrogen) atoms. The number of aliphatic hydroxyl groups is 1. The van der Waals surface area contributed by atoms with Gasteiger partial charge in [0, 0.05) is 5.92 Å². The average molecular weight is 188 g/mol. The first-order chi connectivity index (χ1) is 5.95. The van der Waals surface area contributed by atoms with Gasteiger partial charge in [0.1, 0.15) is 0 Å². The predicted molar refractivity (Wildman–Crippen MR) is 46.0 cm³/mol. The highest BCUT2D eigenvalue weighted by Gasteiger charge is 2.41. The Bertz CT molecular complexity index is 204. The fourth-order valence-electron chi connectivity index (χ4n) is 1.70.